The summed E-state index contributed by atoms with van der Waals surface area (Å²) in [6, 6.07) is 15.8. The molecule has 0 aliphatic rings. The lowest BCUT2D eigenvalue weighted by Gasteiger charge is -2.07. The average molecular weight is 307 g/mol. The van der Waals surface area contributed by atoms with Crippen LogP contribution in [0.2, 0.25) is 0 Å². The second-order valence-electron chi connectivity index (χ2n) is 4.04. The number of aliphatic hydroxyl groups excluding tert-OH is 1. The van der Waals surface area contributed by atoms with Crippen LogP contribution in [0.15, 0.2) is 48.5 Å². The van der Waals surface area contributed by atoms with Gasteiger partial charge >= 0.3 is 0 Å². The quantitative estimate of drug-likeness (QED) is 0.854. The van der Waals surface area contributed by atoms with Gasteiger partial charge in [-0.25, -0.2) is 0 Å². The van der Waals surface area contributed by atoms with Gasteiger partial charge in [-0.15, -0.1) is 0 Å². The van der Waals surface area contributed by atoms with E-state index in [9.17, 15) is 0 Å². The van der Waals surface area contributed by atoms with Gasteiger partial charge in [0.15, 0.2) is 0 Å². The number of benzene rings is 2. The maximum absolute atomic E-state index is 9.04. The van der Waals surface area contributed by atoms with Crippen LogP contribution in [0, 0.1) is 0 Å². The van der Waals surface area contributed by atoms with Crippen molar-refractivity contribution in [3.8, 4) is 5.75 Å². The van der Waals surface area contributed by atoms with Crippen molar-refractivity contribution in [2.75, 3.05) is 0 Å². The van der Waals surface area contributed by atoms with Gasteiger partial charge in [0.05, 0.1) is 6.61 Å². The van der Waals surface area contributed by atoms with E-state index in [1.165, 1.54) is 5.56 Å². The molecule has 0 saturated heterocycles. The van der Waals surface area contributed by atoms with Crippen molar-refractivity contribution in [2.24, 2.45) is 0 Å². The van der Waals surface area contributed by atoms with Crippen molar-refractivity contribution in [3.63, 3.8) is 0 Å². The zero-order chi connectivity index (χ0) is 12.8. The van der Waals surface area contributed by atoms with E-state index in [4.69, 9.17) is 9.84 Å². The fourth-order valence-corrected chi connectivity index (χ4v) is 2.00. The summed E-state index contributed by atoms with van der Waals surface area (Å²) >= 11 is 3.42. The van der Waals surface area contributed by atoms with Crippen LogP contribution in [0.3, 0.4) is 0 Å². The van der Waals surface area contributed by atoms with Crippen molar-refractivity contribution >= 4 is 15.9 Å². The van der Waals surface area contributed by atoms with Crippen molar-refractivity contribution in [1.29, 1.82) is 0 Å². The third-order valence-electron chi connectivity index (χ3n) is 2.66. The lowest BCUT2D eigenvalue weighted by atomic mass is 10.2. The van der Waals surface area contributed by atoms with Crippen LogP contribution in [-0.4, -0.2) is 5.11 Å². The van der Waals surface area contributed by atoms with E-state index < -0.39 is 0 Å². The lowest BCUT2D eigenvalue weighted by Crippen LogP contribution is -1.96. The van der Waals surface area contributed by atoms with E-state index in [-0.39, 0.29) is 6.61 Å². The Kier molecular flexibility index (Phi) is 4.79. The van der Waals surface area contributed by atoms with Crippen LogP contribution in [0.25, 0.3) is 0 Å². The van der Waals surface area contributed by atoms with Crippen molar-refractivity contribution in [3.05, 3.63) is 65.2 Å². The standard InChI is InChI=1S/C15H15BrO2/c16-9-12-4-6-13(7-5-12)11-18-15-3-1-2-14(8-15)10-17/h1-8,17H,9-11H2. The third-order valence-corrected chi connectivity index (χ3v) is 3.31. The SMILES string of the molecule is OCc1cccc(OCc2ccc(CBr)cc2)c1. The predicted molar refractivity (Wildman–Crippen MR) is 75.8 cm³/mol. The highest BCUT2D eigenvalue weighted by atomic mass is 79.9. The molecule has 0 heterocycles. The molecule has 2 aromatic carbocycles. The average Bonchev–Trinajstić information content (AvgIpc) is 2.46. The first-order valence-corrected chi connectivity index (χ1v) is 6.90. The minimum absolute atomic E-state index is 0.0388. The van der Waals surface area contributed by atoms with Gasteiger partial charge in [-0.05, 0) is 28.8 Å². The van der Waals surface area contributed by atoms with Crippen LogP contribution in [-0.2, 0) is 18.5 Å². The summed E-state index contributed by atoms with van der Waals surface area (Å²) in [4.78, 5) is 0. The first-order chi connectivity index (χ1) is 8.81. The fourth-order valence-electron chi connectivity index (χ4n) is 1.62. The molecule has 0 amide bonds. The van der Waals surface area contributed by atoms with Crippen LogP contribution in [0.4, 0.5) is 0 Å². The van der Waals surface area contributed by atoms with E-state index in [0.717, 1.165) is 22.2 Å². The fraction of sp³-hybridized carbons (Fsp3) is 0.200. The predicted octanol–water partition coefficient (Wildman–Crippen LogP) is 3.65. The summed E-state index contributed by atoms with van der Waals surface area (Å²) in [7, 11) is 0. The Morgan fingerprint density at radius 1 is 0.944 bits per heavy atom. The molecule has 0 fully saturated rings. The van der Waals surface area contributed by atoms with Gasteiger partial charge < -0.3 is 9.84 Å². The Morgan fingerprint density at radius 2 is 1.67 bits per heavy atom. The number of hydrogen-bond acceptors (Lipinski definition) is 2. The van der Waals surface area contributed by atoms with Gasteiger partial charge in [0.1, 0.15) is 12.4 Å². The molecule has 1 N–H and O–H groups in total. The van der Waals surface area contributed by atoms with Crippen LogP contribution < -0.4 is 4.74 Å². The number of alkyl halides is 1. The van der Waals surface area contributed by atoms with Crippen LogP contribution in [0.1, 0.15) is 16.7 Å². The molecule has 3 heteroatoms. The summed E-state index contributed by atoms with van der Waals surface area (Å²) < 4.78 is 5.69. The zero-order valence-corrected chi connectivity index (χ0v) is 11.6. The normalized spacial score (nSPS) is 10.3. The Balaban J connectivity index is 1.97. The van der Waals surface area contributed by atoms with Crippen molar-refractivity contribution in [1.82, 2.24) is 0 Å². The molecule has 0 aromatic heterocycles. The van der Waals surface area contributed by atoms with E-state index >= 15 is 0 Å². The monoisotopic (exact) mass is 306 g/mol. The van der Waals surface area contributed by atoms with E-state index in [1.807, 2.05) is 24.3 Å². The van der Waals surface area contributed by atoms with Gasteiger partial charge in [0.25, 0.3) is 0 Å². The molecule has 0 atom stereocenters. The highest BCUT2D eigenvalue weighted by Gasteiger charge is 1.98. The molecule has 0 spiro atoms. The molecule has 0 bridgehead atoms. The van der Waals surface area contributed by atoms with Gasteiger partial charge in [-0.2, -0.15) is 0 Å². The molecule has 2 rings (SSSR count). The van der Waals surface area contributed by atoms with Gasteiger partial charge in [-0.1, -0.05) is 52.3 Å². The molecule has 0 saturated carbocycles. The highest BCUT2D eigenvalue weighted by molar-refractivity contribution is 9.08. The van der Waals surface area contributed by atoms with Crippen molar-refractivity contribution < 1.29 is 9.84 Å². The Hall–Kier alpha value is -1.32. The number of rotatable bonds is 5. The molecule has 0 radical (unpaired) electrons. The Morgan fingerprint density at radius 3 is 2.33 bits per heavy atom. The molecular weight excluding hydrogens is 292 g/mol. The summed E-state index contributed by atoms with van der Waals surface area (Å²) in [5, 5.41) is 9.91. The Labute approximate surface area is 115 Å². The van der Waals surface area contributed by atoms with Crippen molar-refractivity contribution in [2.45, 2.75) is 18.5 Å². The number of hydrogen-bond donors (Lipinski definition) is 1. The summed E-state index contributed by atoms with van der Waals surface area (Å²) in [5.41, 5.74) is 3.25. The molecule has 94 valence electrons. The minimum Gasteiger partial charge on any atom is -0.489 e. The first kappa shape index (κ1) is 13.1. The van der Waals surface area contributed by atoms with Crippen LogP contribution in [0.5, 0.6) is 5.75 Å². The van der Waals surface area contributed by atoms with E-state index in [1.54, 1.807) is 0 Å². The summed E-state index contributed by atoms with van der Waals surface area (Å²) in [6.45, 7) is 0.578. The minimum atomic E-state index is 0.0388. The Bertz CT molecular complexity index is 494. The zero-order valence-electron chi connectivity index (χ0n) is 9.97. The highest BCUT2D eigenvalue weighted by Crippen LogP contribution is 2.16. The smallest absolute Gasteiger partial charge is 0.120 e. The van der Waals surface area contributed by atoms with E-state index in [0.29, 0.717) is 6.61 Å². The first-order valence-electron chi connectivity index (χ1n) is 5.78. The lowest BCUT2D eigenvalue weighted by molar-refractivity contribution is 0.278. The molecular formula is C15H15BrO2. The summed E-state index contributed by atoms with van der Waals surface area (Å²) in [6.07, 6.45) is 0. The van der Waals surface area contributed by atoms with E-state index in [2.05, 4.69) is 40.2 Å². The molecule has 18 heavy (non-hydrogen) atoms. The molecule has 2 nitrogen and oxygen atoms in total. The van der Waals surface area contributed by atoms with Gasteiger partial charge in [0.2, 0.25) is 0 Å². The maximum atomic E-state index is 9.04. The molecule has 0 unspecified atom stereocenters. The summed E-state index contributed by atoms with van der Waals surface area (Å²) in [5.74, 6) is 0.783. The number of aliphatic hydroxyl groups is 1. The number of halogens is 1. The molecule has 2 aromatic rings. The van der Waals surface area contributed by atoms with Gasteiger partial charge in [-0.3, -0.25) is 0 Å². The topological polar surface area (TPSA) is 29.5 Å². The number of ether oxygens (including phenoxy) is 1. The maximum Gasteiger partial charge on any atom is 0.120 e. The second-order valence-corrected chi connectivity index (χ2v) is 4.61. The molecule has 0 aliphatic carbocycles. The largest absolute Gasteiger partial charge is 0.489 e. The second kappa shape index (κ2) is 6.57. The van der Waals surface area contributed by atoms with Crippen LogP contribution >= 0.6 is 15.9 Å². The van der Waals surface area contributed by atoms with Gasteiger partial charge in [0, 0.05) is 5.33 Å². The third kappa shape index (κ3) is 3.59. The molecule has 0 aliphatic heterocycles.